The zero-order valence-corrected chi connectivity index (χ0v) is 14.6. The van der Waals surface area contributed by atoms with Crippen LogP contribution in [0, 0.1) is 5.92 Å². The van der Waals surface area contributed by atoms with Crippen LogP contribution in [0.1, 0.15) is 43.4 Å². The number of anilines is 1. The second-order valence-electron chi connectivity index (χ2n) is 7.16. The molecule has 0 spiro atoms. The van der Waals surface area contributed by atoms with E-state index in [4.69, 9.17) is 0 Å². The second kappa shape index (κ2) is 6.49. The number of piperazine rings is 2. The molecule has 2 aliphatic heterocycles. The largest absolute Gasteiger partial charge is 0.313 e. The summed E-state index contributed by atoms with van der Waals surface area (Å²) >= 11 is 1.75. The van der Waals surface area contributed by atoms with Crippen LogP contribution < -0.4 is 10.2 Å². The van der Waals surface area contributed by atoms with Crippen molar-refractivity contribution in [3.8, 4) is 0 Å². The van der Waals surface area contributed by atoms with Crippen molar-refractivity contribution in [2.24, 2.45) is 5.92 Å². The molecule has 3 atom stereocenters. The summed E-state index contributed by atoms with van der Waals surface area (Å²) in [5.41, 5.74) is 0. The van der Waals surface area contributed by atoms with Crippen molar-refractivity contribution in [1.29, 1.82) is 0 Å². The Labute approximate surface area is 142 Å². The molecule has 2 saturated heterocycles. The highest BCUT2D eigenvalue weighted by Gasteiger charge is 2.38. The van der Waals surface area contributed by atoms with Crippen molar-refractivity contribution in [2.45, 2.75) is 44.6 Å². The molecule has 0 bridgehead atoms. The molecule has 126 valence electrons. The minimum atomic E-state index is -0.00143. The lowest BCUT2D eigenvalue weighted by molar-refractivity contribution is -0.126. The number of hydrogen-bond donors (Lipinski definition) is 1. The van der Waals surface area contributed by atoms with Gasteiger partial charge >= 0.3 is 0 Å². The third-order valence-electron chi connectivity index (χ3n) is 5.74. The molecule has 5 nitrogen and oxygen atoms in total. The van der Waals surface area contributed by atoms with Crippen molar-refractivity contribution >= 4 is 22.4 Å². The van der Waals surface area contributed by atoms with Gasteiger partial charge in [0.1, 0.15) is 6.04 Å². The molecule has 3 fully saturated rings. The molecule has 4 rings (SSSR count). The van der Waals surface area contributed by atoms with Gasteiger partial charge in [-0.05, 0) is 18.3 Å². The fraction of sp³-hybridized carbons (Fsp3) is 0.765. The topological polar surface area (TPSA) is 48.5 Å². The van der Waals surface area contributed by atoms with Crippen molar-refractivity contribution in [3.05, 3.63) is 11.1 Å². The molecule has 0 aromatic carbocycles. The van der Waals surface area contributed by atoms with E-state index in [0.717, 1.165) is 43.8 Å². The molecule has 1 aromatic rings. The highest BCUT2D eigenvalue weighted by molar-refractivity contribution is 7.15. The number of thiazole rings is 1. The van der Waals surface area contributed by atoms with E-state index in [2.05, 4.69) is 22.1 Å². The minimum absolute atomic E-state index is 0.00143. The van der Waals surface area contributed by atoms with Crippen molar-refractivity contribution in [1.82, 2.24) is 15.2 Å². The number of nitrogens with one attached hydrogen (secondary N) is 1. The Morgan fingerprint density at radius 3 is 3.00 bits per heavy atom. The fourth-order valence-electron chi connectivity index (χ4n) is 4.28. The molecule has 3 aliphatic rings. The van der Waals surface area contributed by atoms with Crippen LogP contribution in [0.25, 0.3) is 0 Å². The normalized spacial score (nSPS) is 32.8. The first kappa shape index (κ1) is 15.5. The van der Waals surface area contributed by atoms with E-state index in [9.17, 15) is 4.79 Å². The highest BCUT2D eigenvalue weighted by Crippen LogP contribution is 2.41. The number of nitrogens with zero attached hydrogens (tertiary/aromatic N) is 3. The molecule has 1 saturated carbocycles. The summed E-state index contributed by atoms with van der Waals surface area (Å²) in [6.45, 7) is 6.85. The van der Waals surface area contributed by atoms with Gasteiger partial charge in [0, 0.05) is 43.8 Å². The lowest BCUT2D eigenvalue weighted by Gasteiger charge is -2.42. The van der Waals surface area contributed by atoms with Gasteiger partial charge in [-0.25, -0.2) is 4.98 Å². The number of amides is 1. The third kappa shape index (κ3) is 2.92. The van der Waals surface area contributed by atoms with Gasteiger partial charge < -0.3 is 5.32 Å². The van der Waals surface area contributed by atoms with E-state index in [1.807, 2.05) is 11.1 Å². The Hall–Kier alpha value is -0.980. The molecule has 1 amide bonds. The summed E-state index contributed by atoms with van der Waals surface area (Å²) in [6.07, 6.45) is 7.32. The van der Waals surface area contributed by atoms with Crippen LogP contribution in [0.15, 0.2) is 6.20 Å². The molecule has 6 heteroatoms. The average molecular weight is 334 g/mol. The monoisotopic (exact) mass is 334 g/mol. The molecule has 0 unspecified atom stereocenters. The minimum Gasteiger partial charge on any atom is -0.313 e. The first-order valence-electron chi connectivity index (χ1n) is 8.96. The molecule has 0 radical (unpaired) electrons. The standard InChI is InChI=1S/C17H26N4OS/c1-12-4-2-3-5-13(12)15-11-19-17(23-15)21-9-8-20-7-6-18-10-14(20)16(21)22/h11-14,18H,2-10H2,1H3/t12-,13+,14+/m0/s1. The van der Waals surface area contributed by atoms with Crippen LogP contribution >= 0.6 is 11.3 Å². The second-order valence-corrected chi connectivity index (χ2v) is 8.20. The van der Waals surface area contributed by atoms with Crippen LogP contribution in [-0.4, -0.2) is 54.6 Å². The van der Waals surface area contributed by atoms with Crippen LogP contribution in [0.4, 0.5) is 5.13 Å². The van der Waals surface area contributed by atoms with Gasteiger partial charge in [-0.3, -0.25) is 14.6 Å². The van der Waals surface area contributed by atoms with Gasteiger partial charge in [-0.2, -0.15) is 0 Å². The number of fused-ring (bicyclic) bond motifs is 1. The summed E-state index contributed by atoms with van der Waals surface area (Å²) in [5, 5.41) is 4.25. The first-order chi connectivity index (χ1) is 11.2. The number of aromatic nitrogens is 1. The van der Waals surface area contributed by atoms with E-state index >= 15 is 0 Å². The summed E-state index contributed by atoms with van der Waals surface area (Å²) in [6, 6.07) is -0.00143. The zero-order valence-electron chi connectivity index (χ0n) is 13.8. The molecule has 3 heterocycles. The summed E-state index contributed by atoms with van der Waals surface area (Å²) in [7, 11) is 0. The maximum Gasteiger partial charge on any atom is 0.247 e. The number of hydrogen-bond acceptors (Lipinski definition) is 5. The van der Waals surface area contributed by atoms with E-state index < -0.39 is 0 Å². The molecule has 1 N–H and O–H groups in total. The molecule has 1 aromatic heterocycles. The van der Waals surface area contributed by atoms with Crippen LogP contribution in [0.5, 0.6) is 0 Å². The van der Waals surface area contributed by atoms with Gasteiger partial charge in [0.05, 0.1) is 0 Å². The van der Waals surface area contributed by atoms with Crippen LogP contribution in [0.2, 0.25) is 0 Å². The summed E-state index contributed by atoms with van der Waals surface area (Å²) < 4.78 is 0. The Morgan fingerprint density at radius 1 is 1.26 bits per heavy atom. The van der Waals surface area contributed by atoms with Gasteiger partial charge in [0.25, 0.3) is 0 Å². The highest BCUT2D eigenvalue weighted by atomic mass is 32.1. The van der Waals surface area contributed by atoms with Crippen molar-refractivity contribution in [2.75, 3.05) is 37.6 Å². The number of rotatable bonds is 2. The number of carbonyl (C=O) groups is 1. The van der Waals surface area contributed by atoms with E-state index in [-0.39, 0.29) is 11.9 Å². The smallest absolute Gasteiger partial charge is 0.247 e. The Balaban J connectivity index is 1.51. The molecular formula is C17H26N4OS. The third-order valence-corrected chi connectivity index (χ3v) is 6.89. The lowest BCUT2D eigenvalue weighted by atomic mass is 9.80. The molecule has 23 heavy (non-hydrogen) atoms. The zero-order chi connectivity index (χ0) is 15.8. The van der Waals surface area contributed by atoms with E-state index in [1.165, 1.54) is 30.6 Å². The Morgan fingerprint density at radius 2 is 2.13 bits per heavy atom. The Bertz CT molecular complexity index is 575. The van der Waals surface area contributed by atoms with Gasteiger partial charge in [-0.15, -0.1) is 11.3 Å². The summed E-state index contributed by atoms with van der Waals surface area (Å²) in [5.74, 6) is 1.61. The summed E-state index contributed by atoms with van der Waals surface area (Å²) in [4.78, 5) is 23.1. The SMILES string of the molecule is C[C@H]1CCCC[C@H]1c1cnc(N2CCN3CCNC[C@@H]3C2=O)s1. The maximum atomic E-state index is 12.8. The predicted octanol–water partition coefficient (Wildman–Crippen LogP) is 2.06. The van der Waals surface area contributed by atoms with Gasteiger partial charge in [-0.1, -0.05) is 26.2 Å². The molecular weight excluding hydrogens is 308 g/mol. The average Bonchev–Trinajstić information content (AvgIpc) is 3.05. The number of carbonyl (C=O) groups excluding carboxylic acids is 1. The van der Waals surface area contributed by atoms with Gasteiger partial charge in [0.15, 0.2) is 5.13 Å². The van der Waals surface area contributed by atoms with Crippen LogP contribution in [0.3, 0.4) is 0 Å². The van der Waals surface area contributed by atoms with Gasteiger partial charge in [0.2, 0.25) is 5.91 Å². The Kier molecular flexibility index (Phi) is 4.39. The van der Waals surface area contributed by atoms with Crippen molar-refractivity contribution < 1.29 is 4.79 Å². The van der Waals surface area contributed by atoms with E-state index in [0.29, 0.717) is 5.92 Å². The lowest BCUT2D eigenvalue weighted by Crippen LogP contribution is -2.64. The maximum absolute atomic E-state index is 12.8. The van der Waals surface area contributed by atoms with Crippen molar-refractivity contribution in [3.63, 3.8) is 0 Å². The van der Waals surface area contributed by atoms with E-state index in [1.54, 1.807) is 11.3 Å². The first-order valence-corrected chi connectivity index (χ1v) is 9.77. The fourth-order valence-corrected chi connectivity index (χ4v) is 5.49. The quantitative estimate of drug-likeness (QED) is 0.899. The van der Waals surface area contributed by atoms with Crippen LogP contribution in [-0.2, 0) is 4.79 Å². The predicted molar refractivity (Wildman–Crippen MR) is 93.1 cm³/mol. The molecule has 1 aliphatic carbocycles.